The lowest BCUT2D eigenvalue weighted by Gasteiger charge is -1.98. The van der Waals surface area contributed by atoms with Crippen molar-refractivity contribution in [1.29, 1.82) is 0 Å². The van der Waals surface area contributed by atoms with Crippen LogP contribution in [-0.4, -0.2) is 20.5 Å². The lowest BCUT2D eigenvalue weighted by atomic mass is 10.1. The van der Waals surface area contributed by atoms with Crippen molar-refractivity contribution in [2.45, 2.75) is 0 Å². The predicted octanol–water partition coefficient (Wildman–Crippen LogP) is 1.70. The molecule has 76 valence electrons. The SMILES string of the molecule is Cn1ccc(C(=O)c2ccncc2Cl)n1. The molecule has 0 amide bonds. The molecule has 2 aromatic rings. The molecule has 0 saturated heterocycles. The first-order valence-corrected chi connectivity index (χ1v) is 4.70. The average molecular weight is 222 g/mol. The Balaban J connectivity index is 2.41. The van der Waals surface area contributed by atoms with E-state index in [1.165, 1.54) is 12.4 Å². The molecule has 0 aliphatic heterocycles. The highest BCUT2D eigenvalue weighted by atomic mass is 35.5. The van der Waals surface area contributed by atoms with Crippen LogP contribution in [0.25, 0.3) is 0 Å². The summed E-state index contributed by atoms with van der Waals surface area (Å²) in [5.41, 5.74) is 0.802. The number of nitrogens with zero attached hydrogens (tertiary/aromatic N) is 3. The van der Waals surface area contributed by atoms with Gasteiger partial charge in [0.15, 0.2) is 0 Å². The van der Waals surface area contributed by atoms with Crippen LogP contribution in [0.5, 0.6) is 0 Å². The van der Waals surface area contributed by atoms with Crippen LogP contribution in [0.1, 0.15) is 16.1 Å². The van der Waals surface area contributed by atoms with Crippen molar-refractivity contribution in [2.24, 2.45) is 7.05 Å². The second-order valence-electron chi connectivity index (χ2n) is 3.06. The summed E-state index contributed by atoms with van der Waals surface area (Å²) in [5, 5.41) is 4.36. The smallest absolute Gasteiger partial charge is 0.214 e. The summed E-state index contributed by atoms with van der Waals surface area (Å²) in [4.78, 5) is 15.7. The maximum absolute atomic E-state index is 11.9. The van der Waals surface area contributed by atoms with Gasteiger partial charge in [-0.25, -0.2) is 0 Å². The number of rotatable bonds is 2. The van der Waals surface area contributed by atoms with Crippen molar-refractivity contribution in [3.63, 3.8) is 0 Å². The summed E-state index contributed by atoms with van der Waals surface area (Å²) >= 11 is 5.86. The van der Waals surface area contributed by atoms with Crippen LogP contribution in [-0.2, 0) is 7.05 Å². The Morgan fingerprint density at radius 3 is 2.87 bits per heavy atom. The van der Waals surface area contributed by atoms with E-state index in [-0.39, 0.29) is 5.78 Å². The van der Waals surface area contributed by atoms with Crippen LogP contribution < -0.4 is 0 Å². The lowest BCUT2D eigenvalue weighted by molar-refractivity contribution is 0.103. The summed E-state index contributed by atoms with van der Waals surface area (Å²) in [6.45, 7) is 0. The van der Waals surface area contributed by atoms with Gasteiger partial charge in [0, 0.05) is 31.2 Å². The second-order valence-corrected chi connectivity index (χ2v) is 3.47. The highest BCUT2D eigenvalue weighted by Gasteiger charge is 2.14. The van der Waals surface area contributed by atoms with Crippen LogP contribution in [0.4, 0.5) is 0 Å². The van der Waals surface area contributed by atoms with Gasteiger partial charge < -0.3 is 0 Å². The highest BCUT2D eigenvalue weighted by molar-refractivity contribution is 6.34. The number of hydrogen-bond acceptors (Lipinski definition) is 3. The zero-order chi connectivity index (χ0) is 10.8. The molecule has 15 heavy (non-hydrogen) atoms. The monoisotopic (exact) mass is 221 g/mol. The van der Waals surface area contributed by atoms with E-state index in [2.05, 4.69) is 10.1 Å². The molecule has 2 aromatic heterocycles. The van der Waals surface area contributed by atoms with Crippen molar-refractivity contribution in [3.05, 3.63) is 47.0 Å². The van der Waals surface area contributed by atoms with Crippen LogP contribution in [0.3, 0.4) is 0 Å². The first-order chi connectivity index (χ1) is 7.18. The van der Waals surface area contributed by atoms with E-state index in [1.807, 2.05) is 0 Å². The second kappa shape index (κ2) is 3.82. The van der Waals surface area contributed by atoms with Crippen LogP contribution in [0.2, 0.25) is 5.02 Å². The summed E-state index contributed by atoms with van der Waals surface area (Å²) in [5.74, 6) is -0.192. The Labute approximate surface area is 91.5 Å². The molecule has 0 aliphatic carbocycles. The Bertz CT molecular complexity index is 507. The zero-order valence-electron chi connectivity index (χ0n) is 8.01. The Morgan fingerprint density at radius 1 is 1.47 bits per heavy atom. The molecule has 0 atom stereocenters. The first-order valence-electron chi connectivity index (χ1n) is 4.32. The molecule has 0 unspecified atom stereocenters. The van der Waals surface area contributed by atoms with E-state index in [0.29, 0.717) is 16.3 Å². The van der Waals surface area contributed by atoms with Gasteiger partial charge in [-0.05, 0) is 12.1 Å². The van der Waals surface area contributed by atoms with E-state index >= 15 is 0 Å². The van der Waals surface area contributed by atoms with Gasteiger partial charge in [-0.3, -0.25) is 14.5 Å². The summed E-state index contributed by atoms with van der Waals surface area (Å²) < 4.78 is 1.57. The van der Waals surface area contributed by atoms with Crippen LogP contribution in [0, 0.1) is 0 Å². The molecular formula is C10H8ClN3O. The topological polar surface area (TPSA) is 47.8 Å². The molecule has 0 saturated carbocycles. The molecule has 4 nitrogen and oxygen atoms in total. The minimum absolute atomic E-state index is 0.192. The van der Waals surface area contributed by atoms with E-state index in [0.717, 1.165) is 0 Å². The van der Waals surface area contributed by atoms with Gasteiger partial charge in [0.1, 0.15) is 5.69 Å². The number of aryl methyl sites for hydroxylation is 1. The third-order valence-corrected chi connectivity index (χ3v) is 2.26. The molecule has 0 fully saturated rings. The van der Waals surface area contributed by atoms with Gasteiger partial charge in [-0.1, -0.05) is 11.6 Å². The Kier molecular flexibility index (Phi) is 2.51. The normalized spacial score (nSPS) is 10.3. The molecule has 0 N–H and O–H groups in total. The predicted molar refractivity (Wildman–Crippen MR) is 55.9 cm³/mol. The van der Waals surface area contributed by atoms with Gasteiger partial charge in [0.2, 0.25) is 5.78 Å². The third-order valence-electron chi connectivity index (χ3n) is 1.96. The van der Waals surface area contributed by atoms with Crippen molar-refractivity contribution in [2.75, 3.05) is 0 Å². The van der Waals surface area contributed by atoms with Crippen molar-refractivity contribution < 1.29 is 4.79 Å². The van der Waals surface area contributed by atoms with E-state index in [4.69, 9.17) is 11.6 Å². The summed E-state index contributed by atoms with van der Waals surface area (Å²) in [6.07, 6.45) is 4.68. The van der Waals surface area contributed by atoms with Gasteiger partial charge in [0.25, 0.3) is 0 Å². The van der Waals surface area contributed by atoms with Crippen molar-refractivity contribution in [1.82, 2.24) is 14.8 Å². The molecule has 0 radical (unpaired) electrons. The van der Waals surface area contributed by atoms with E-state index in [9.17, 15) is 4.79 Å². The number of aromatic nitrogens is 3. The van der Waals surface area contributed by atoms with Gasteiger partial charge in [-0.15, -0.1) is 0 Å². The minimum Gasteiger partial charge on any atom is -0.287 e. The summed E-state index contributed by atoms with van der Waals surface area (Å²) in [7, 11) is 1.75. The third kappa shape index (κ3) is 1.89. The Morgan fingerprint density at radius 2 is 2.27 bits per heavy atom. The van der Waals surface area contributed by atoms with Gasteiger partial charge in [-0.2, -0.15) is 5.10 Å². The fourth-order valence-corrected chi connectivity index (χ4v) is 1.44. The zero-order valence-corrected chi connectivity index (χ0v) is 8.77. The quantitative estimate of drug-likeness (QED) is 0.726. The van der Waals surface area contributed by atoms with Crippen molar-refractivity contribution in [3.8, 4) is 0 Å². The number of halogens is 1. The summed E-state index contributed by atoms with van der Waals surface area (Å²) in [6, 6.07) is 3.23. The molecule has 2 heterocycles. The molecular weight excluding hydrogens is 214 g/mol. The van der Waals surface area contributed by atoms with Gasteiger partial charge >= 0.3 is 0 Å². The minimum atomic E-state index is -0.192. The molecule has 0 aliphatic rings. The average Bonchev–Trinajstić information content (AvgIpc) is 2.65. The first kappa shape index (κ1) is 9.86. The number of hydrogen-bond donors (Lipinski definition) is 0. The van der Waals surface area contributed by atoms with Crippen LogP contribution in [0.15, 0.2) is 30.7 Å². The standard InChI is InChI=1S/C10H8ClN3O/c1-14-5-3-9(13-14)10(15)7-2-4-12-6-8(7)11/h2-6H,1H3. The number of pyridine rings is 1. The van der Waals surface area contributed by atoms with Gasteiger partial charge in [0.05, 0.1) is 5.02 Å². The Hall–Kier alpha value is -1.68. The van der Waals surface area contributed by atoms with Crippen LogP contribution >= 0.6 is 11.6 Å². The molecule has 2 rings (SSSR count). The maximum Gasteiger partial charge on any atom is 0.214 e. The molecule has 5 heteroatoms. The molecule has 0 spiro atoms. The number of carbonyl (C=O) groups is 1. The maximum atomic E-state index is 11.9. The lowest BCUT2D eigenvalue weighted by Crippen LogP contribution is -2.04. The number of carbonyl (C=O) groups excluding carboxylic acids is 1. The molecule has 0 aromatic carbocycles. The largest absolute Gasteiger partial charge is 0.287 e. The fraction of sp³-hybridized carbons (Fsp3) is 0.100. The van der Waals surface area contributed by atoms with Crippen molar-refractivity contribution >= 4 is 17.4 Å². The molecule has 0 bridgehead atoms. The number of ketones is 1. The fourth-order valence-electron chi connectivity index (χ4n) is 1.23. The highest BCUT2D eigenvalue weighted by Crippen LogP contribution is 2.16. The van der Waals surface area contributed by atoms with E-state index < -0.39 is 0 Å². The van der Waals surface area contributed by atoms with E-state index in [1.54, 1.807) is 30.1 Å².